The van der Waals surface area contributed by atoms with Crippen molar-refractivity contribution < 1.29 is 9.90 Å². The number of carboxylic acids is 1. The predicted molar refractivity (Wildman–Crippen MR) is 61.9 cm³/mol. The molecule has 0 radical (unpaired) electrons. The van der Waals surface area contributed by atoms with Gasteiger partial charge in [0.15, 0.2) is 0 Å². The van der Waals surface area contributed by atoms with Gasteiger partial charge in [-0.25, -0.2) is 9.78 Å². The average Bonchev–Trinajstić information content (AvgIpc) is 2.27. The third kappa shape index (κ3) is 2.59. The van der Waals surface area contributed by atoms with Crippen LogP contribution in [0.4, 0.5) is 11.8 Å². The molecule has 0 fully saturated rings. The van der Waals surface area contributed by atoms with Crippen molar-refractivity contribution in [3.63, 3.8) is 0 Å². The first-order valence-electron chi connectivity index (χ1n) is 4.89. The summed E-state index contributed by atoms with van der Waals surface area (Å²) in [6, 6.07) is 1.07. The van der Waals surface area contributed by atoms with E-state index in [9.17, 15) is 4.79 Å². The van der Waals surface area contributed by atoms with Gasteiger partial charge >= 0.3 is 5.97 Å². The molecule has 0 bridgehead atoms. The molecule has 1 N–H and O–H groups in total. The zero-order valence-corrected chi connectivity index (χ0v) is 9.88. The second-order valence-electron chi connectivity index (χ2n) is 3.73. The summed E-state index contributed by atoms with van der Waals surface area (Å²) in [4.78, 5) is 22.5. The van der Waals surface area contributed by atoms with E-state index in [0.717, 1.165) is 0 Å². The maximum Gasteiger partial charge on any atom is 0.326 e. The molecule has 1 aromatic heterocycles. The number of anilines is 2. The van der Waals surface area contributed by atoms with Crippen LogP contribution in [0.2, 0.25) is 0 Å². The van der Waals surface area contributed by atoms with Crippen LogP contribution in [0.5, 0.6) is 0 Å². The topological polar surface area (TPSA) is 69.6 Å². The van der Waals surface area contributed by atoms with E-state index < -0.39 is 12.0 Å². The summed E-state index contributed by atoms with van der Waals surface area (Å²) in [7, 11) is 5.36. The molecule has 1 unspecified atom stereocenters. The molecular formula is C10H16N4O2. The molecule has 0 saturated heterocycles. The standard InChI is InChI=1S/C10H16N4O2/c1-7(9(15)16)14(4)8-5-6-11-10(12-8)13(2)3/h5-7H,1-4H3,(H,15,16). The molecule has 88 valence electrons. The maximum absolute atomic E-state index is 10.8. The zero-order valence-electron chi connectivity index (χ0n) is 9.88. The Morgan fingerprint density at radius 1 is 1.44 bits per heavy atom. The Hall–Kier alpha value is -1.85. The zero-order chi connectivity index (χ0) is 12.3. The highest BCUT2D eigenvalue weighted by Crippen LogP contribution is 2.14. The fourth-order valence-corrected chi connectivity index (χ4v) is 1.12. The number of hydrogen-bond acceptors (Lipinski definition) is 5. The number of likely N-dealkylation sites (N-methyl/N-ethyl adjacent to an activating group) is 1. The maximum atomic E-state index is 10.8. The van der Waals surface area contributed by atoms with Gasteiger partial charge in [0.1, 0.15) is 11.9 Å². The van der Waals surface area contributed by atoms with E-state index >= 15 is 0 Å². The van der Waals surface area contributed by atoms with E-state index in [4.69, 9.17) is 5.11 Å². The largest absolute Gasteiger partial charge is 0.480 e. The second-order valence-corrected chi connectivity index (χ2v) is 3.73. The van der Waals surface area contributed by atoms with E-state index in [0.29, 0.717) is 11.8 Å². The van der Waals surface area contributed by atoms with Gasteiger partial charge in [-0.2, -0.15) is 4.98 Å². The fourth-order valence-electron chi connectivity index (χ4n) is 1.12. The van der Waals surface area contributed by atoms with Crippen molar-refractivity contribution in [2.45, 2.75) is 13.0 Å². The second kappa shape index (κ2) is 4.78. The summed E-state index contributed by atoms with van der Waals surface area (Å²) in [5, 5.41) is 8.90. The van der Waals surface area contributed by atoms with Gasteiger partial charge < -0.3 is 14.9 Å². The number of nitrogens with zero attached hydrogens (tertiary/aromatic N) is 4. The molecule has 6 heteroatoms. The summed E-state index contributed by atoms with van der Waals surface area (Å²) in [6.07, 6.45) is 1.61. The highest BCUT2D eigenvalue weighted by molar-refractivity contribution is 5.77. The van der Waals surface area contributed by atoms with Gasteiger partial charge in [-0.1, -0.05) is 0 Å². The third-order valence-corrected chi connectivity index (χ3v) is 2.33. The SMILES string of the molecule is CC(C(=O)O)N(C)c1ccnc(N(C)C)n1. The van der Waals surface area contributed by atoms with Crippen molar-refractivity contribution in [1.82, 2.24) is 9.97 Å². The van der Waals surface area contributed by atoms with Crippen molar-refractivity contribution in [2.24, 2.45) is 0 Å². The van der Waals surface area contributed by atoms with Crippen LogP contribution in [0.25, 0.3) is 0 Å². The first-order chi connectivity index (χ1) is 7.43. The van der Waals surface area contributed by atoms with E-state index in [1.54, 1.807) is 36.0 Å². The molecule has 6 nitrogen and oxygen atoms in total. The number of aliphatic carboxylic acids is 1. The quantitative estimate of drug-likeness (QED) is 0.801. The Labute approximate surface area is 94.5 Å². The van der Waals surface area contributed by atoms with Crippen LogP contribution >= 0.6 is 0 Å². The molecule has 0 aliphatic heterocycles. The average molecular weight is 224 g/mol. The molecule has 0 aromatic carbocycles. The van der Waals surface area contributed by atoms with Gasteiger partial charge in [0.2, 0.25) is 5.95 Å². The van der Waals surface area contributed by atoms with Gasteiger partial charge in [0, 0.05) is 27.3 Å². The number of aromatic nitrogens is 2. The van der Waals surface area contributed by atoms with E-state index in [-0.39, 0.29) is 0 Å². The summed E-state index contributed by atoms with van der Waals surface area (Å²) >= 11 is 0. The molecule has 0 aliphatic carbocycles. The van der Waals surface area contributed by atoms with Crippen LogP contribution in [-0.4, -0.2) is 48.2 Å². The number of rotatable bonds is 4. The summed E-state index contributed by atoms with van der Waals surface area (Å²) in [5.74, 6) is 0.267. The van der Waals surface area contributed by atoms with Gasteiger partial charge in [-0.3, -0.25) is 0 Å². The number of carboxylic acid groups (broad SMARTS) is 1. The molecule has 1 atom stereocenters. The highest BCUT2D eigenvalue weighted by Gasteiger charge is 2.18. The lowest BCUT2D eigenvalue weighted by atomic mass is 10.3. The van der Waals surface area contributed by atoms with Crippen LogP contribution < -0.4 is 9.80 Å². The molecule has 1 heterocycles. The van der Waals surface area contributed by atoms with Gasteiger partial charge in [0.25, 0.3) is 0 Å². The Morgan fingerprint density at radius 2 is 2.06 bits per heavy atom. The summed E-state index contributed by atoms with van der Waals surface area (Å²) < 4.78 is 0. The minimum absolute atomic E-state index is 0.557. The van der Waals surface area contributed by atoms with Gasteiger partial charge in [0.05, 0.1) is 0 Å². The van der Waals surface area contributed by atoms with Crippen LogP contribution in [0.3, 0.4) is 0 Å². The monoisotopic (exact) mass is 224 g/mol. The fraction of sp³-hybridized carbons (Fsp3) is 0.500. The number of hydrogen-bond donors (Lipinski definition) is 1. The van der Waals surface area contributed by atoms with E-state index in [1.165, 1.54) is 0 Å². The first-order valence-corrected chi connectivity index (χ1v) is 4.89. The normalized spacial score (nSPS) is 12.0. The van der Waals surface area contributed by atoms with Crippen LogP contribution in [-0.2, 0) is 4.79 Å². The van der Waals surface area contributed by atoms with E-state index in [2.05, 4.69) is 9.97 Å². The molecule has 0 saturated carbocycles. The predicted octanol–water partition coefficient (Wildman–Crippen LogP) is 0.452. The smallest absolute Gasteiger partial charge is 0.326 e. The lowest BCUT2D eigenvalue weighted by Gasteiger charge is -2.23. The van der Waals surface area contributed by atoms with Crippen molar-refractivity contribution in [3.05, 3.63) is 12.3 Å². The summed E-state index contributed by atoms with van der Waals surface area (Å²) in [6.45, 7) is 1.61. The molecule has 0 spiro atoms. The molecular weight excluding hydrogens is 208 g/mol. The van der Waals surface area contributed by atoms with Crippen LogP contribution in [0.1, 0.15) is 6.92 Å². The number of carbonyl (C=O) groups is 1. The van der Waals surface area contributed by atoms with Crippen molar-refractivity contribution in [3.8, 4) is 0 Å². The summed E-state index contributed by atoms with van der Waals surface area (Å²) in [5.41, 5.74) is 0. The van der Waals surface area contributed by atoms with Crippen molar-refractivity contribution in [2.75, 3.05) is 30.9 Å². The Morgan fingerprint density at radius 3 is 2.56 bits per heavy atom. The molecule has 16 heavy (non-hydrogen) atoms. The molecule has 0 aliphatic rings. The van der Waals surface area contributed by atoms with Gasteiger partial charge in [-0.05, 0) is 13.0 Å². The highest BCUT2D eigenvalue weighted by atomic mass is 16.4. The molecule has 0 amide bonds. The minimum atomic E-state index is -0.882. The third-order valence-electron chi connectivity index (χ3n) is 2.33. The molecule has 1 rings (SSSR count). The molecule has 1 aromatic rings. The minimum Gasteiger partial charge on any atom is -0.480 e. The van der Waals surface area contributed by atoms with Gasteiger partial charge in [-0.15, -0.1) is 0 Å². The first kappa shape index (κ1) is 12.2. The lowest BCUT2D eigenvalue weighted by molar-refractivity contribution is -0.138. The lowest BCUT2D eigenvalue weighted by Crippen LogP contribution is -2.36. The Bertz CT molecular complexity index is 381. The van der Waals surface area contributed by atoms with Crippen molar-refractivity contribution in [1.29, 1.82) is 0 Å². The van der Waals surface area contributed by atoms with Crippen LogP contribution in [0.15, 0.2) is 12.3 Å². The van der Waals surface area contributed by atoms with Crippen molar-refractivity contribution >= 4 is 17.7 Å². The van der Waals surface area contributed by atoms with Crippen LogP contribution in [0, 0.1) is 0 Å². The Kier molecular flexibility index (Phi) is 3.65. The van der Waals surface area contributed by atoms with E-state index in [1.807, 2.05) is 14.1 Å². The Balaban J connectivity index is 2.95.